The van der Waals surface area contributed by atoms with E-state index >= 15 is 0 Å². The number of benzene rings is 1. The van der Waals surface area contributed by atoms with Crippen molar-refractivity contribution in [3.05, 3.63) is 42.5 Å². The topological polar surface area (TPSA) is 113 Å². The van der Waals surface area contributed by atoms with E-state index < -0.39 is 27.9 Å². The van der Waals surface area contributed by atoms with Crippen LogP contribution in [0.2, 0.25) is 0 Å². The van der Waals surface area contributed by atoms with Crippen molar-refractivity contribution in [2.24, 2.45) is 0 Å². The minimum Gasteiger partial charge on any atom is -0.480 e. The normalized spacial score (nSPS) is 12.6. The predicted molar refractivity (Wildman–Crippen MR) is 96.5 cm³/mol. The standard InChI is InChI=1S/C17H24N2O6S/c1-4-10-25-12-15(17(21)22)18-16(20)13-8-7-9-14(11-13)26(23,24)19(5-2)6-3/h4,7-9,11,15H,1,5-6,10,12H2,2-3H3,(H,18,20)(H,21,22). The number of carbonyl (C=O) groups is 2. The highest BCUT2D eigenvalue weighted by molar-refractivity contribution is 7.89. The molecule has 9 heteroatoms. The first-order chi connectivity index (χ1) is 12.3. The Hall–Kier alpha value is -2.23. The van der Waals surface area contributed by atoms with Gasteiger partial charge in [-0.3, -0.25) is 4.79 Å². The molecule has 1 unspecified atom stereocenters. The van der Waals surface area contributed by atoms with Gasteiger partial charge in [0, 0.05) is 18.7 Å². The summed E-state index contributed by atoms with van der Waals surface area (Å²) in [6.45, 7) is 7.42. The molecular formula is C17H24N2O6S. The number of carboxylic acids is 1. The predicted octanol–water partition coefficient (Wildman–Crippen LogP) is 1.10. The number of rotatable bonds is 11. The molecule has 1 rings (SSSR count). The second-order valence-electron chi connectivity index (χ2n) is 5.31. The third kappa shape index (κ3) is 5.65. The van der Waals surface area contributed by atoms with Crippen LogP contribution in [0.25, 0.3) is 0 Å². The molecule has 0 aliphatic heterocycles. The lowest BCUT2D eigenvalue weighted by molar-refractivity contribution is -0.140. The lowest BCUT2D eigenvalue weighted by Crippen LogP contribution is -2.44. The van der Waals surface area contributed by atoms with E-state index in [-0.39, 0.29) is 23.7 Å². The summed E-state index contributed by atoms with van der Waals surface area (Å²) in [4.78, 5) is 23.5. The van der Waals surface area contributed by atoms with Gasteiger partial charge in [0.05, 0.1) is 18.1 Å². The van der Waals surface area contributed by atoms with Gasteiger partial charge in [-0.15, -0.1) is 6.58 Å². The second kappa shape index (κ2) is 10.0. The Morgan fingerprint density at radius 3 is 2.54 bits per heavy atom. The molecular weight excluding hydrogens is 360 g/mol. The maximum Gasteiger partial charge on any atom is 0.328 e. The highest BCUT2D eigenvalue weighted by Crippen LogP contribution is 2.17. The van der Waals surface area contributed by atoms with Crippen LogP contribution in [0.1, 0.15) is 24.2 Å². The lowest BCUT2D eigenvalue weighted by Gasteiger charge is -2.19. The smallest absolute Gasteiger partial charge is 0.328 e. The van der Waals surface area contributed by atoms with E-state index in [1.807, 2.05) is 0 Å². The summed E-state index contributed by atoms with van der Waals surface area (Å²) in [7, 11) is -3.72. The van der Waals surface area contributed by atoms with Gasteiger partial charge in [-0.05, 0) is 18.2 Å². The first kappa shape index (κ1) is 21.8. The fraction of sp³-hybridized carbons (Fsp3) is 0.412. The zero-order chi connectivity index (χ0) is 19.7. The SMILES string of the molecule is C=CCOCC(NC(=O)c1cccc(S(=O)(=O)N(CC)CC)c1)C(=O)O. The molecule has 0 aliphatic rings. The van der Waals surface area contributed by atoms with E-state index in [0.29, 0.717) is 13.1 Å². The summed E-state index contributed by atoms with van der Waals surface area (Å²) in [6, 6.07) is 4.22. The van der Waals surface area contributed by atoms with Gasteiger partial charge in [0.15, 0.2) is 6.04 Å². The van der Waals surface area contributed by atoms with Crippen LogP contribution < -0.4 is 5.32 Å². The van der Waals surface area contributed by atoms with Crippen molar-refractivity contribution in [3.8, 4) is 0 Å². The number of amides is 1. The number of nitrogens with zero attached hydrogens (tertiary/aromatic N) is 1. The third-order valence-electron chi connectivity index (χ3n) is 3.56. The summed E-state index contributed by atoms with van der Waals surface area (Å²) in [6.07, 6.45) is 1.46. The average molecular weight is 384 g/mol. The fourth-order valence-corrected chi connectivity index (χ4v) is 3.70. The second-order valence-corrected chi connectivity index (χ2v) is 7.25. The van der Waals surface area contributed by atoms with Crippen molar-refractivity contribution in [2.45, 2.75) is 24.8 Å². The van der Waals surface area contributed by atoms with E-state index in [4.69, 9.17) is 9.84 Å². The molecule has 0 radical (unpaired) electrons. The Morgan fingerprint density at radius 1 is 1.35 bits per heavy atom. The van der Waals surface area contributed by atoms with Crippen LogP contribution in [0.4, 0.5) is 0 Å². The van der Waals surface area contributed by atoms with Crippen molar-refractivity contribution in [1.82, 2.24) is 9.62 Å². The van der Waals surface area contributed by atoms with Crippen molar-refractivity contribution >= 4 is 21.9 Å². The van der Waals surface area contributed by atoms with Crippen LogP contribution in [0.3, 0.4) is 0 Å². The third-order valence-corrected chi connectivity index (χ3v) is 5.61. The summed E-state index contributed by atoms with van der Waals surface area (Å²) in [5, 5.41) is 11.5. The van der Waals surface area contributed by atoms with Crippen LogP contribution in [-0.2, 0) is 19.6 Å². The summed E-state index contributed by atoms with van der Waals surface area (Å²) < 4.78 is 31.4. The molecule has 26 heavy (non-hydrogen) atoms. The van der Waals surface area contributed by atoms with Crippen molar-refractivity contribution in [3.63, 3.8) is 0 Å². The first-order valence-electron chi connectivity index (χ1n) is 8.10. The monoisotopic (exact) mass is 384 g/mol. The van der Waals surface area contributed by atoms with Gasteiger partial charge >= 0.3 is 5.97 Å². The molecule has 0 bridgehead atoms. The molecule has 0 saturated heterocycles. The maximum absolute atomic E-state index is 12.5. The number of aliphatic carboxylic acids is 1. The molecule has 1 aromatic carbocycles. The van der Waals surface area contributed by atoms with Crippen molar-refractivity contribution in [1.29, 1.82) is 0 Å². The van der Waals surface area contributed by atoms with Crippen molar-refractivity contribution in [2.75, 3.05) is 26.3 Å². The molecule has 1 atom stereocenters. The number of hydrogen-bond acceptors (Lipinski definition) is 5. The summed E-state index contributed by atoms with van der Waals surface area (Å²) in [5.41, 5.74) is 0.0493. The summed E-state index contributed by atoms with van der Waals surface area (Å²) in [5.74, 6) is -1.95. The highest BCUT2D eigenvalue weighted by atomic mass is 32.2. The molecule has 0 fully saturated rings. The first-order valence-corrected chi connectivity index (χ1v) is 9.54. The van der Waals surface area contributed by atoms with E-state index in [9.17, 15) is 18.0 Å². The quantitative estimate of drug-likeness (QED) is 0.436. The van der Waals surface area contributed by atoms with E-state index in [0.717, 1.165) is 0 Å². The number of hydrogen-bond donors (Lipinski definition) is 2. The zero-order valence-corrected chi connectivity index (χ0v) is 15.7. The molecule has 0 heterocycles. The Bertz CT molecular complexity index is 743. The number of carboxylic acid groups (broad SMARTS) is 1. The molecule has 0 saturated carbocycles. The van der Waals surface area contributed by atoms with E-state index in [1.165, 1.54) is 34.6 Å². The Morgan fingerprint density at radius 2 is 2.00 bits per heavy atom. The molecule has 0 spiro atoms. The average Bonchev–Trinajstić information content (AvgIpc) is 2.61. The highest BCUT2D eigenvalue weighted by Gasteiger charge is 2.24. The van der Waals surface area contributed by atoms with Gasteiger partial charge in [0.1, 0.15) is 0 Å². The van der Waals surface area contributed by atoms with Crippen LogP contribution >= 0.6 is 0 Å². The summed E-state index contributed by atoms with van der Waals surface area (Å²) >= 11 is 0. The van der Waals surface area contributed by atoms with E-state index in [2.05, 4.69) is 11.9 Å². The lowest BCUT2D eigenvalue weighted by atomic mass is 10.2. The maximum atomic E-state index is 12.5. The Balaban J connectivity index is 3.00. The minimum atomic E-state index is -3.72. The van der Waals surface area contributed by atoms with Gasteiger partial charge < -0.3 is 15.2 Å². The van der Waals surface area contributed by atoms with Crippen LogP contribution in [0.15, 0.2) is 41.8 Å². The number of carbonyl (C=O) groups excluding carboxylic acids is 1. The van der Waals surface area contributed by atoms with Crippen LogP contribution in [-0.4, -0.2) is 62.1 Å². The number of ether oxygens (including phenoxy) is 1. The van der Waals surface area contributed by atoms with Gasteiger partial charge in [-0.25, -0.2) is 13.2 Å². The van der Waals surface area contributed by atoms with Gasteiger partial charge in [0.25, 0.3) is 5.91 Å². The minimum absolute atomic E-state index is 0.0244. The van der Waals surface area contributed by atoms with Crippen LogP contribution in [0.5, 0.6) is 0 Å². The Kier molecular flexibility index (Phi) is 8.43. The number of nitrogens with one attached hydrogen (secondary N) is 1. The molecule has 1 amide bonds. The van der Waals surface area contributed by atoms with Crippen molar-refractivity contribution < 1.29 is 27.9 Å². The van der Waals surface area contributed by atoms with E-state index in [1.54, 1.807) is 13.8 Å². The zero-order valence-electron chi connectivity index (χ0n) is 14.8. The fourth-order valence-electron chi connectivity index (χ4n) is 2.20. The molecule has 0 aliphatic carbocycles. The molecule has 2 N–H and O–H groups in total. The molecule has 1 aromatic rings. The molecule has 8 nitrogen and oxygen atoms in total. The van der Waals surface area contributed by atoms with Gasteiger partial charge in [0.2, 0.25) is 10.0 Å². The van der Waals surface area contributed by atoms with Gasteiger partial charge in [-0.1, -0.05) is 26.0 Å². The largest absolute Gasteiger partial charge is 0.480 e. The Labute approximate surface area is 153 Å². The molecule has 144 valence electrons. The van der Waals surface area contributed by atoms with Gasteiger partial charge in [-0.2, -0.15) is 4.31 Å². The number of sulfonamides is 1. The molecule has 0 aromatic heterocycles. The van der Waals surface area contributed by atoms with Crippen LogP contribution in [0, 0.1) is 0 Å².